The topological polar surface area (TPSA) is 49.8 Å². The number of nitrogens with zero attached hydrogens (tertiary/aromatic N) is 2. The third kappa shape index (κ3) is 4.10. The van der Waals surface area contributed by atoms with Gasteiger partial charge in [-0.2, -0.15) is 0 Å². The molecule has 0 aliphatic heterocycles. The molecular weight excluding hydrogens is 272 g/mol. The third-order valence-corrected chi connectivity index (χ3v) is 3.14. The SMILES string of the molecule is CCCc1nc(NC)cc(NCc2ccc(Cl)cc2)n1. The van der Waals surface area contributed by atoms with E-state index in [1.54, 1.807) is 0 Å². The van der Waals surface area contributed by atoms with E-state index in [0.717, 1.165) is 40.9 Å². The van der Waals surface area contributed by atoms with Crippen molar-refractivity contribution in [3.05, 3.63) is 46.7 Å². The van der Waals surface area contributed by atoms with Crippen molar-refractivity contribution in [2.75, 3.05) is 17.7 Å². The zero-order valence-corrected chi connectivity index (χ0v) is 12.5. The van der Waals surface area contributed by atoms with E-state index in [9.17, 15) is 0 Å². The van der Waals surface area contributed by atoms with Crippen molar-refractivity contribution in [2.24, 2.45) is 0 Å². The first-order valence-corrected chi connectivity index (χ1v) is 7.13. The Kier molecular flexibility index (Phi) is 5.18. The minimum absolute atomic E-state index is 0.711. The summed E-state index contributed by atoms with van der Waals surface area (Å²) >= 11 is 5.87. The average Bonchev–Trinajstić information content (AvgIpc) is 2.47. The van der Waals surface area contributed by atoms with E-state index in [2.05, 4.69) is 27.5 Å². The van der Waals surface area contributed by atoms with Gasteiger partial charge in [-0.05, 0) is 24.1 Å². The molecule has 0 saturated carbocycles. The van der Waals surface area contributed by atoms with Gasteiger partial charge in [0.15, 0.2) is 0 Å². The van der Waals surface area contributed by atoms with Crippen LogP contribution in [-0.2, 0) is 13.0 Å². The molecule has 106 valence electrons. The largest absolute Gasteiger partial charge is 0.373 e. The maximum absolute atomic E-state index is 5.87. The van der Waals surface area contributed by atoms with Crippen LogP contribution in [0.2, 0.25) is 5.02 Å². The first-order chi connectivity index (χ1) is 9.71. The summed E-state index contributed by atoms with van der Waals surface area (Å²) in [5, 5.41) is 7.13. The Morgan fingerprint density at radius 2 is 1.80 bits per heavy atom. The number of nitrogens with one attached hydrogen (secondary N) is 2. The van der Waals surface area contributed by atoms with Gasteiger partial charge in [0.2, 0.25) is 0 Å². The molecule has 2 N–H and O–H groups in total. The zero-order valence-electron chi connectivity index (χ0n) is 11.8. The van der Waals surface area contributed by atoms with Gasteiger partial charge in [0.05, 0.1) is 0 Å². The highest BCUT2D eigenvalue weighted by atomic mass is 35.5. The van der Waals surface area contributed by atoms with Crippen molar-refractivity contribution < 1.29 is 0 Å². The predicted octanol–water partition coefficient (Wildman–Crippen LogP) is 3.74. The van der Waals surface area contributed by atoms with Crippen molar-refractivity contribution in [3.8, 4) is 0 Å². The monoisotopic (exact) mass is 290 g/mol. The zero-order chi connectivity index (χ0) is 14.4. The van der Waals surface area contributed by atoms with Crippen molar-refractivity contribution in [3.63, 3.8) is 0 Å². The van der Waals surface area contributed by atoms with Gasteiger partial charge in [0, 0.05) is 31.1 Å². The second kappa shape index (κ2) is 7.10. The van der Waals surface area contributed by atoms with Gasteiger partial charge < -0.3 is 10.6 Å². The molecule has 0 unspecified atom stereocenters. The van der Waals surface area contributed by atoms with Crippen LogP contribution in [0.1, 0.15) is 24.7 Å². The summed E-state index contributed by atoms with van der Waals surface area (Å²) in [6.07, 6.45) is 1.91. The molecule has 0 saturated heterocycles. The van der Waals surface area contributed by atoms with Crippen molar-refractivity contribution in [1.29, 1.82) is 0 Å². The number of benzene rings is 1. The average molecular weight is 291 g/mol. The highest BCUT2D eigenvalue weighted by Gasteiger charge is 2.03. The van der Waals surface area contributed by atoms with Crippen LogP contribution in [0.4, 0.5) is 11.6 Å². The lowest BCUT2D eigenvalue weighted by molar-refractivity contribution is 0.835. The summed E-state index contributed by atoms with van der Waals surface area (Å²) in [5.41, 5.74) is 1.16. The number of aromatic nitrogens is 2. The van der Waals surface area contributed by atoms with Crippen LogP contribution in [0.5, 0.6) is 0 Å². The number of halogens is 1. The van der Waals surface area contributed by atoms with Gasteiger partial charge in [0.1, 0.15) is 17.5 Å². The smallest absolute Gasteiger partial charge is 0.133 e. The van der Waals surface area contributed by atoms with E-state index in [0.29, 0.717) is 6.54 Å². The fraction of sp³-hybridized carbons (Fsp3) is 0.333. The number of hydrogen-bond acceptors (Lipinski definition) is 4. The lowest BCUT2D eigenvalue weighted by Crippen LogP contribution is -2.06. The van der Waals surface area contributed by atoms with Gasteiger partial charge >= 0.3 is 0 Å². The quantitative estimate of drug-likeness (QED) is 0.851. The summed E-state index contributed by atoms with van der Waals surface area (Å²) in [4.78, 5) is 8.94. The molecule has 1 aromatic carbocycles. The lowest BCUT2D eigenvalue weighted by atomic mass is 10.2. The maximum atomic E-state index is 5.87. The lowest BCUT2D eigenvalue weighted by Gasteiger charge is -2.09. The minimum Gasteiger partial charge on any atom is -0.373 e. The molecule has 0 fully saturated rings. The van der Waals surface area contributed by atoms with Gasteiger partial charge in [0.25, 0.3) is 0 Å². The molecule has 1 aromatic heterocycles. The molecule has 0 radical (unpaired) electrons. The molecule has 4 nitrogen and oxygen atoms in total. The highest BCUT2D eigenvalue weighted by molar-refractivity contribution is 6.30. The molecule has 2 rings (SSSR count). The van der Waals surface area contributed by atoms with E-state index in [4.69, 9.17) is 11.6 Å². The van der Waals surface area contributed by atoms with E-state index in [-0.39, 0.29) is 0 Å². The second-order valence-electron chi connectivity index (χ2n) is 4.53. The number of rotatable bonds is 6. The molecule has 0 amide bonds. The van der Waals surface area contributed by atoms with Gasteiger partial charge in [-0.25, -0.2) is 9.97 Å². The van der Waals surface area contributed by atoms with E-state index >= 15 is 0 Å². The van der Waals surface area contributed by atoms with Crippen LogP contribution in [-0.4, -0.2) is 17.0 Å². The summed E-state index contributed by atoms with van der Waals surface area (Å²) in [6, 6.07) is 9.69. The fourth-order valence-corrected chi connectivity index (χ4v) is 1.97. The van der Waals surface area contributed by atoms with E-state index in [1.807, 2.05) is 37.4 Å². The number of aryl methyl sites for hydroxylation is 1. The highest BCUT2D eigenvalue weighted by Crippen LogP contribution is 2.14. The van der Waals surface area contributed by atoms with Gasteiger partial charge in [-0.15, -0.1) is 0 Å². The third-order valence-electron chi connectivity index (χ3n) is 2.89. The van der Waals surface area contributed by atoms with Crippen molar-refractivity contribution >= 4 is 23.2 Å². The molecule has 5 heteroatoms. The molecule has 20 heavy (non-hydrogen) atoms. The Bertz CT molecular complexity index is 554. The van der Waals surface area contributed by atoms with Crippen LogP contribution in [0.25, 0.3) is 0 Å². The summed E-state index contributed by atoms with van der Waals surface area (Å²) < 4.78 is 0. The van der Waals surface area contributed by atoms with Gasteiger partial charge in [-0.1, -0.05) is 30.7 Å². The van der Waals surface area contributed by atoms with E-state index < -0.39 is 0 Å². The normalized spacial score (nSPS) is 10.3. The maximum Gasteiger partial charge on any atom is 0.133 e. The molecule has 2 aromatic rings. The molecule has 1 heterocycles. The van der Waals surface area contributed by atoms with Crippen molar-refractivity contribution in [2.45, 2.75) is 26.3 Å². The van der Waals surface area contributed by atoms with Crippen LogP contribution >= 0.6 is 11.6 Å². The van der Waals surface area contributed by atoms with Gasteiger partial charge in [-0.3, -0.25) is 0 Å². The Hall–Kier alpha value is -1.81. The molecule has 0 aliphatic carbocycles. The molecular formula is C15H19ClN4. The van der Waals surface area contributed by atoms with Crippen molar-refractivity contribution in [1.82, 2.24) is 9.97 Å². The second-order valence-corrected chi connectivity index (χ2v) is 4.97. The Labute approximate surface area is 124 Å². The summed E-state index contributed by atoms with van der Waals surface area (Å²) in [6.45, 7) is 2.83. The minimum atomic E-state index is 0.711. The standard InChI is InChI=1S/C15H19ClN4/c1-3-4-13-19-14(17-2)9-15(20-13)18-10-11-5-7-12(16)8-6-11/h5-9H,3-4,10H2,1-2H3,(H2,17,18,19,20). The molecule has 0 spiro atoms. The van der Waals surface area contributed by atoms with Crippen LogP contribution in [0.3, 0.4) is 0 Å². The van der Waals surface area contributed by atoms with Crippen LogP contribution < -0.4 is 10.6 Å². The first kappa shape index (κ1) is 14.6. The summed E-state index contributed by atoms with van der Waals surface area (Å²) in [7, 11) is 1.86. The Morgan fingerprint density at radius 3 is 2.45 bits per heavy atom. The van der Waals surface area contributed by atoms with Crippen LogP contribution in [0, 0.1) is 0 Å². The number of anilines is 2. The predicted molar refractivity (Wildman–Crippen MR) is 84.4 cm³/mol. The number of hydrogen-bond donors (Lipinski definition) is 2. The van der Waals surface area contributed by atoms with E-state index in [1.165, 1.54) is 0 Å². The molecule has 0 aliphatic rings. The van der Waals surface area contributed by atoms with Crippen LogP contribution in [0.15, 0.2) is 30.3 Å². The first-order valence-electron chi connectivity index (χ1n) is 6.75. The molecule has 0 bridgehead atoms. The summed E-state index contributed by atoms with van der Waals surface area (Å²) in [5.74, 6) is 2.53. The molecule has 0 atom stereocenters. The Balaban J connectivity index is 2.07. The fourth-order valence-electron chi connectivity index (χ4n) is 1.85. The Morgan fingerprint density at radius 1 is 1.10 bits per heavy atom.